The fourth-order valence-electron chi connectivity index (χ4n) is 6.17. The maximum absolute atomic E-state index is 14.0. The van der Waals surface area contributed by atoms with Gasteiger partial charge in [-0.05, 0) is 73.9 Å². The lowest BCUT2D eigenvalue weighted by atomic mass is 9.99. The van der Waals surface area contributed by atoms with E-state index in [0.717, 1.165) is 5.56 Å². The molecule has 0 unspecified atom stereocenters. The van der Waals surface area contributed by atoms with Crippen LogP contribution in [0.25, 0.3) is 10.9 Å². The summed E-state index contributed by atoms with van der Waals surface area (Å²) >= 11 is 0. The van der Waals surface area contributed by atoms with Gasteiger partial charge >= 0.3 is 0 Å². The third-order valence-corrected chi connectivity index (χ3v) is 8.44. The minimum Gasteiger partial charge on any atom is -0.493 e. The molecule has 4 aromatic rings. The van der Waals surface area contributed by atoms with Crippen molar-refractivity contribution in [2.75, 3.05) is 33.3 Å². The van der Waals surface area contributed by atoms with Crippen LogP contribution >= 0.6 is 0 Å². The highest BCUT2D eigenvalue weighted by atomic mass is 19.1. The van der Waals surface area contributed by atoms with Crippen LogP contribution in [-0.4, -0.2) is 77.9 Å². The Bertz CT molecular complexity index is 1830. The molecule has 3 amide bonds. The lowest BCUT2D eigenvalue weighted by Crippen LogP contribution is -2.57. The van der Waals surface area contributed by atoms with Gasteiger partial charge in [-0.25, -0.2) is 4.39 Å². The average Bonchev–Trinajstić information content (AvgIpc) is 3.06. The summed E-state index contributed by atoms with van der Waals surface area (Å²) in [7, 11) is 1.53. The van der Waals surface area contributed by atoms with Crippen LogP contribution in [0.1, 0.15) is 51.7 Å². The largest absolute Gasteiger partial charge is 0.493 e. The van der Waals surface area contributed by atoms with Crippen LogP contribution in [0.2, 0.25) is 0 Å². The number of benzene rings is 3. The van der Waals surface area contributed by atoms with Gasteiger partial charge in [0, 0.05) is 42.3 Å². The molecule has 11 heteroatoms. The first kappa shape index (κ1) is 31.9. The van der Waals surface area contributed by atoms with Crippen molar-refractivity contribution in [3.05, 3.63) is 94.9 Å². The minimum absolute atomic E-state index is 0.140. The Labute approximate surface area is 272 Å². The van der Waals surface area contributed by atoms with Crippen LogP contribution in [0.15, 0.2) is 66.7 Å². The van der Waals surface area contributed by atoms with Gasteiger partial charge < -0.3 is 29.3 Å². The molecule has 0 saturated carbocycles. The Morgan fingerprint density at radius 1 is 1.11 bits per heavy atom. The van der Waals surface area contributed by atoms with Crippen molar-refractivity contribution in [1.82, 2.24) is 20.1 Å². The fourth-order valence-corrected chi connectivity index (χ4v) is 6.17. The average molecular weight is 641 g/mol. The summed E-state index contributed by atoms with van der Waals surface area (Å²) in [6.07, 6.45) is 0.544. The number of fused-ring (bicyclic) bond motifs is 6. The van der Waals surface area contributed by atoms with Crippen molar-refractivity contribution < 1.29 is 33.0 Å². The van der Waals surface area contributed by atoms with Crippen LogP contribution in [-0.2, 0) is 16.1 Å². The lowest BCUT2D eigenvalue weighted by molar-refractivity contribution is -0.124. The molecule has 1 saturated heterocycles. The maximum atomic E-state index is 14.0. The second-order valence-electron chi connectivity index (χ2n) is 11.9. The summed E-state index contributed by atoms with van der Waals surface area (Å²) in [5, 5.41) is 3.66. The van der Waals surface area contributed by atoms with E-state index in [1.807, 2.05) is 25.1 Å². The molecule has 244 valence electrons. The number of rotatable bonds is 4. The smallest absolute Gasteiger partial charge is 0.254 e. The zero-order valence-corrected chi connectivity index (χ0v) is 26.6. The molecule has 0 aliphatic carbocycles. The highest BCUT2D eigenvalue weighted by Crippen LogP contribution is 2.34. The van der Waals surface area contributed by atoms with E-state index in [4.69, 9.17) is 14.2 Å². The summed E-state index contributed by atoms with van der Waals surface area (Å²) in [6, 6.07) is 17.9. The minimum atomic E-state index is -0.552. The van der Waals surface area contributed by atoms with Gasteiger partial charge in [-0.1, -0.05) is 19.1 Å². The van der Waals surface area contributed by atoms with Crippen LogP contribution in [0.4, 0.5) is 4.39 Å². The van der Waals surface area contributed by atoms with E-state index >= 15 is 0 Å². The second kappa shape index (κ2) is 13.8. The van der Waals surface area contributed by atoms with E-state index in [-0.39, 0.29) is 37.4 Å². The molecule has 10 nitrogen and oxygen atoms in total. The summed E-state index contributed by atoms with van der Waals surface area (Å²) < 4.78 is 32.1. The number of pyridine rings is 1. The third kappa shape index (κ3) is 7.05. The molecule has 4 bridgehead atoms. The number of nitrogens with one attached hydrogen (secondary N) is 1. The Kier molecular flexibility index (Phi) is 9.35. The van der Waals surface area contributed by atoms with Gasteiger partial charge in [0.15, 0.2) is 11.5 Å². The van der Waals surface area contributed by atoms with Crippen molar-refractivity contribution >= 4 is 28.6 Å². The predicted molar refractivity (Wildman–Crippen MR) is 173 cm³/mol. The first-order valence-corrected chi connectivity index (χ1v) is 15.7. The molecule has 2 atom stereocenters. The summed E-state index contributed by atoms with van der Waals surface area (Å²) in [6.45, 7) is 4.73. The van der Waals surface area contributed by atoms with Gasteiger partial charge in [-0.15, -0.1) is 0 Å². The number of carbonyl (C=O) groups excluding carboxylic acids is 3. The number of amides is 3. The molecule has 3 aromatic carbocycles. The van der Waals surface area contributed by atoms with Crippen LogP contribution in [0.5, 0.6) is 17.2 Å². The molecule has 0 radical (unpaired) electrons. The standard InChI is InChI=1S/C36H37FN4O6/c1-4-13-40-20-34(42)39-29-12-14-41(36(44)28-15-22(2)38-30-18-25(37)9-10-27(28)30)19-33(29)46-21-23-6-5-7-26(16-23)47-32-17-24(35(40)43)8-11-31(32)45-3/h5-11,15-18,29,33H,4,12-14,19-21H2,1-3H3,(H,39,42)/t29-,33-/m0/s1. The molecule has 1 fully saturated rings. The van der Waals surface area contributed by atoms with Crippen LogP contribution < -0.4 is 14.8 Å². The van der Waals surface area contributed by atoms with Gasteiger partial charge in [0.1, 0.15) is 11.6 Å². The topological polar surface area (TPSA) is 110 Å². The Morgan fingerprint density at radius 3 is 2.77 bits per heavy atom. The maximum Gasteiger partial charge on any atom is 0.254 e. The van der Waals surface area contributed by atoms with Gasteiger partial charge in [-0.2, -0.15) is 0 Å². The highest BCUT2D eigenvalue weighted by molar-refractivity contribution is 6.06. The summed E-state index contributed by atoms with van der Waals surface area (Å²) in [4.78, 5) is 48.7. The molecule has 0 spiro atoms. The molecule has 1 aromatic heterocycles. The predicted octanol–water partition coefficient (Wildman–Crippen LogP) is 5.27. The highest BCUT2D eigenvalue weighted by Gasteiger charge is 2.35. The van der Waals surface area contributed by atoms with Gasteiger partial charge in [0.25, 0.3) is 11.8 Å². The molecule has 2 aliphatic rings. The van der Waals surface area contributed by atoms with Gasteiger partial charge in [0.2, 0.25) is 5.91 Å². The fraction of sp³-hybridized carbons (Fsp3) is 0.333. The summed E-state index contributed by atoms with van der Waals surface area (Å²) in [5.41, 5.74) is 2.64. The molecular formula is C36H37FN4O6. The third-order valence-electron chi connectivity index (χ3n) is 8.44. The Hall–Kier alpha value is -5.03. The van der Waals surface area contributed by atoms with Gasteiger partial charge in [0.05, 0.1) is 43.5 Å². The van der Waals surface area contributed by atoms with E-state index in [9.17, 15) is 18.8 Å². The van der Waals surface area contributed by atoms with Crippen molar-refractivity contribution in [3.8, 4) is 17.2 Å². The molecule has 47 heavy (non-hydrogen) atoms. The SMILES string of the molecule is CCCN1CC(=O)N[C@H]2CCN(C(=O)c3cc(C)nc4cc(F)ccc34)C[C@@H]2OCc2cccc(c2)Oc2cc(ccc2OC)C1=O. The molecule has 6 rings (SSSR count). The molecule has 3 heterocycles. The number of ether oxygens (including phenoxy) is 3. The van der Waals surface area contributed by atoms with E-state index in [1.54, 1.807) is 48.2 Å². The number of hydrogen-bond acceptors (Lipinski definition) is 7. The van der Waals surface area contributed by atoms with Crippen molar-refractivity contribution in [1.29, 1.82) is 0 Å². The molecular weight excluding hydrogens is 603 g/mol. The van der Waals surface area contributed by atoms with Crippen molar-refractivity contribution in [2.24, 2.45) is 0 Å². The number of nitrogens with zero attached hydrogens (tertiary/aromatic N) is 3. The first-order valence-electron chi connectivity index (χ1n) is 15.7. The van der Waals surface area contributed by atoms with Crippen molar-refractivity contribution in [3.63, 3.8) is 0 Å². The number of hydrogen-bond donors (Lipinski definition) is 1. The zero-order valence-electron chi connectivity index (χ0n) is 26.6. The van der Waals surface area contributed by atoms with E-state index in [2.05, 4.69) is 10.3 Å². The number of methoxy groups -OCH3 is 1. The van der Waals surface area contributed by atoms with E-state index in [0.29, 0.717) is 70.9 Å². The first-order chi connectivity index (χ1) is 22.7. The number of piperidine rings is 1. The molecule has 2 aliphatic heterocycles. The number of carbonyl (C=O) groups is 3. The Morgan fingerprint density at radius 2 is 1.96 bits per heavy atom. The summed E-state index contributed by atoms with van der Waals surface area (Å²) in [5.74, 6) is 0.0936. The monoisotopic (exact) mass is 640 g/mol. The number of aromatic nitrogens is 1. The normalized spacial score (nSPS) is 18.7. The second-order valence-corrected chi connectivity index (χ2v) is 11.9. The van der Waals surface area contributed by atoms with Crippen LogP contribution in [0, 0.1) is 12.7 Å². The number of aryl methyl sites for hydroxylation is 1. The number of halogens is 1. The van der Waals surface area contributed by atoms with Crippen LogP contribution in [0.3, 0.4) is 0 Å². The number of likely N-dealkylation sites (tertiary alicyclic amines) is 1. The Balaban J connectivity index is 1.31. The zero-order chi connectivity index (χ0) is 33.1. The molecule has 1 N–H and O–H groups in total. The van der Waals surface area contributed by atoms with Crippen molar-refractivity contribution in [2.45, 2.75) is 45.4 Å². The lowest BCUT2D eigenvalue weighted by Gasteiger charge is -2.39. The van der Waals surface area contributed by atoms with E-state index < -0.39 is 18.0 Å². The van der Waals surface area contributed by atoms with Gasteiger partial charge in [-0.3, -0.25) is 19.4 Å². The quantitative estimate of drug-likeness (QED) is 0.324. The van der Waals surface area contributed by atoms with E-state index in [1.165, 1.54) is 24.1 Å².